The SMILES string of the molecule is Cc1nnc(N)c(C#N)n1. The Balaban J connectivity index is 3.25. The van der Waals surface area contributed by atoms with Crippen LogP contribution < -0.4 is 5.73 Å². The van der Waals surface area contributed by atoms with Gasteiger partial charge in [0.25, 0.3) is 0 Å². The third-order valence-electron chi connectivity index (χ3n) is 0.925. The van der Waals surface area contributed by atoms with E-state index in [0.717, 1.165) is 0 Å². The minimum Gasteiger partial charge on any atom is -0.380 e. The Hall–Kier alpha value is -1.70. The highest BCUT2D eigenvalue weighted by Crippen LogP contribution is 1.99. The lowest BCUT2D eigenvalue weighted by Crippen LogP contribution is -2.02. The summed E-state index contributed by atoms with van der Waals surface area (Å²) < 4.78 is 0. The second-order valence-corrected chi connectivity index (χ2v) is 1.70. The molecule has 0 bridgehead atoms. The van der Waals surface area contributed by atoms with Crippen molar-refractivity contribution in [1.82, 2.24) is 15.2 Å². The van der Waals surface area contributed by atoms with Gasteiger partial charge in [0.05, 0.1) is 0 Å². The zero-order chi connectivity index (χ0) is 7.56. The van der Waals surface area contributed by atoms with E-state index in [4.69, 9.17) is 11.0 Å². The number of nitrogens with two attached hydrogens (primary N) is 1. The van der Waals surface area contributed by atoms with Crippen LogP contribution in [0.3, 0.4) is 0 Å². The molecule has 0 atom stereocenters. The van der Waals surface area contributed by atoms with Crippen molar-refractivity contribution in [3.63, 3.8) is 0 Å². The fourth-order valence-corrected chi connectivity index (χ4v) is 0.497. The summed E-state index contributed by atoms with van der Waals surface area (Å²) in [6.45, 7) is 1.65. The molecule has 0 aliphatic carbocycles. The molecule has 1 heterocycles. The lowest BCUT2D eigenvalue weighted by Gasteiger charge is -1.92. The maximum Gasteiger partial charge on any atom is 0.186 e. The minimum atomic E-state index is 0.0769. The standard InChI is InChI=1S/C5H5N5/c1-3-8-4(2-6)5(7)10-9-3/h1H3,(H2,7,10). The summed E-state index contributed by atoms with van der Waals surface area (Å²) in [5.74, 6) is 0.527. The van der Waals surface area contributed by atoms with E-state index in [2.05, 4.69) is 15.2 Å². The van der Waals surface area contributed by atoms with Gasteiger partial charge in [-0.3, -0.25) is 0 Å². The molecule has 0 aliphatic rings. The zero-order valence-electron chi connectivity index (χ0n) is 5.37. The first-order valence-corrected chi connectivity index (χ1v) is 2.61. The molecule has 0 unspecified atom stereocenters. The summed E-state index contributed by atoms with van der Waals surface area (Å²) >= 11 is 0. The van der Waals surface area contributed by atoms with Gasteiger partial charge in [0.2, 0.25) is 0 Å². The molecule has 0 aliphatic heterocycles. The monoisotopic (exact) mass is 135 g/mol. The maximum absolute atomic E-state index is 8.38. The molecule has 1 aromatic heterocycles. The predicted octanol–water partition coefficient (Wildman–Crippen LogP) is -0.366. The van der Waals surface area contributed by atoms with Gasteiger partial charge in [-0.15, -0.1) is 10.2 Å². The van der Waals surface area contributed by atoms with Crippen LogP contribution >= 0.6 is 0 Å². The van der Waals surface area contributed by atoms with Gasteiger partial charge in [0, 0.05) is 0 Å². The van der Waals surface area contributed by atoms with Crippen molar-refractivity contribution in [2.45, 2.75) is 6.92 Å². The predicted molar refractivity (Wildman–Crippen MR) is 33.7 cm³/mol. The molecule has 2 N–H and O–H groups in total. The second-order valence-electron chi connectivity index (χ2n) is 1.70. The Kier molecular flexibility index (Phi) is 1.46. The van der Waals surface area contributed by atoms with Gasteiger partial charge in [-0.2, -0.15) is 5.26 Å². The Bertz CT molecular complexity index is 287. The number of rotatable bonds is 0. The summed E-state index contributed by atoms with van der Waals surface area (Å²) in [5, 5.41) is 15.4. The van der Waals surface area contributed by atoms with Gasteiger partial charge in [0.1, 0.15) is 11.9 Å². The third kappa shape index (κ3) is 1.00. The van der Waals surface area contributed by atoms with E-state index >= 15 is 0 Å². The molecule has 10 heavy (non-hydrogen) atoms. The minimum absolute atomic E-state index is 0.0769. The molecule has 0 saturated heterocycles. The van der Waals surface area contributed by atoms with Gasteiger partial charge in [0.15, 0.2) is 11.5 Å². The first-order chi connectivity index (χ1) is 4.74. The molecule has 1 aromatic rings. The van der Waals surface area contributed by atoms with Gasteiger partial charge in [-0.1, -0.05) is 0 Å². The molecular weight excluding hydrogens is 130 g/mol. The summed E-state index contributed by atoms with van der Waals surface area (Å²) in [6, 6.07) is 1.80. The van der Waals surface area contributed by atoms with Crippen LogP contribution in [0.1, 0.15) is 11.5 Å². The molecule has 0 radical (unpaired) electrons. The van der Waals surface area contributed by atoms with Crippen LogP contribution in [0.5, 0.6) is 0 Å². The molecular formula is C5H5N5. The van der Waals surface area contributed by atoms with Crippen LogP contribution in [0.25, 0.3) is 0 Å². The summed E-state index contributed by atoms with van der Waals surface area (Å²) in [4.78, 5) is 3.73. The average Bonchev–Trinajstić information content (AvgIpc) is 1.94. The van der Waals surface area contributed by atoms with Crippen molar-refractivity contribution in [3.05, 3.63) is 11.5 Å². The topological polar surface area (TPSA) is 88.5 Å². The van der Waals surface area contributed by atoms with Crippen molar-refractivity contribution >= 4 is 5.82 Å². The summed E-state index contributed by atoms with van der Waals surface area (Å²) in [7, 11) is 0. The molecule has 0 amide bonds. The van der Waals surface area contributed by atoms with Gasteiger partial charge in [-0.05, 0) is 6.92 Å². The lowest BCUT2D eigenvalue weighted by molar-refractivity contribution is 0.907. The molecule has 50 valence electrons. The quantitative estimate of drug-likeness (QED) is 0.524. The van der Waals surface area contributed by atoms with E-state index in [9.17, 15) is 0 Å². The van der Waals surface area contributed by atoms with Crippen molar-refractivity contribution in [1.29, 1.82) is 5.26 Å². The van der Waals surface area contributed by atoms with Crippen LogP contribution in [0, 0.1) is 18.3 Å². The van der Waals surface area contributed by atoms with E-state index in [1.165, 1.54) is 0 Å². The fraction of sp³-hybridized carbons (Fsp3) is 0.200. The number of aromatic nitrogens is 3. The van der Waals surface area contributed by atoms with Gasteiger partial charge >= 0.3 is 0 Å². The van der Waals surface area contributed by atoms with Crippen molar-refractivity contribution in [2.24, 2.45) is 0 Å². The molecule has 0 saturated carbocycles. The molecule has 5 nitrogen and oxygen atoms in total. The summed E-state index contributed by atoms with van der Waals surface area (Å²) in [6.07, 6.45) is 0. The van der Waals surface area contributed by atoms with Crippen LogP contribution in [-0.4, -0.2) is 15.2 Å². The highest BCUT2D eigenvalue weighted by Gasteiger charge is 2.00. The molecule has 5 heteroatoms. The number of aryl methyl sites for hydroxylation is 1. The number of nitriles is 1. The molecule has 0 spiro atoms. The van der Waals surface area contributed by atoms with E-state index < -0.39 is 0 Å². The van der Waals surface area contributed by atoms with Crippen molar-refractivity contribution in [3.8, 4) is 6.07 Å². The smallest absolute Gasteiger partial charge is 0.186 e. The molecule has 0 fully saturated rings. The second kappa shape index (κ2) is 2.27. The van der Waals surface area contributed by atoms with E-state index in [0.29, 0.717) is 5.82 Å². The summed E-state index contributed by atoms with van der Waals surface area (Å²) in [5.41, 5.74) is 5.37. The normalized spacial score (nSPS) is 8.80. The van der Waals surface area contributed by atoms with E-state index in [1.54, 1.807) is 13.0 Å². The lowest BCUT2D eigenvalue weighted by atomic mass is 10.4. The van der Waals surface area contributed by atoms with Gasteiger partial charge in [-0.25, -0.2) is 4.98 Å². The van der Waals surface area contributed by atoms with E-state index in [1.807, 2.05) is 0 Å². The van der Waals surface area contributed by atoms with Crippen LogP contribution in [0.15, 0.2) is 0 Å². The zero-order valence-corrected chi connectivity index (χ0v) is 5.37. The number of hydrogen-bond donors (Lipinski definition) is 1. The van der Waals surface area contributed by atoms with Crippen molar-refractivity contribution in [2.75, 3.05) is 5.73 Å². The van der Waals surface area contributed by atoms with Gasteiger partial charge < -0.3 is 5.73 Å². The largest absolute Gasteiger partial charge is 0.380 e. The number of nitrogen functional groups attached to an aromatic ring is 1. The average molecular weight is 135 g/mol. The fourth-order valence-electron chi connectivity index (χ4n) is 0.497. The Morgan fingerprint density at radius 3 is 2.70 bits per heavy atom. The number of nitrogens with zero attached hydrogens (tertiary/aromatic N) is 4. The Morgan fingerprint density at radius 1 is 1.50 bits per heavy atom. The van der Waals surface area contributed by atoms with Crippen LogP contribution in [-0.2, 0) is 0 Å². The highest BCUT2D eigenvalue weighted by atomic mass is 15.2. The number of hydrogen-bond acceptors (Lipinski definition) is 5. The molecule has 1 rings (SSSR count). The highest BCUT2D eigenvalue weighted by molar-refractivity contribution is 5.41. The van der Waals surface area contributed by atoms with Crippen LogP contribution in [0.4, 0.5) is 5.82 Å². The first kappa shape index (κ1) is 6.42. The first-order valence-electron chi connectivity index (χ1n) is 2.61. The maximum atomic E-state index is 8.38. The Morgan fingerprint density at radius 2 is 2.20 bits per heavy atom. The van der Waals surface area contributed by atoms with Crippen molar-refractivity contribution < 1.29 is 0 Å². The van der Waals surface area contributed by atoms with E-state index in [-0.39, 0.29) is 11.5 Å². The van der Waals surface area contributed by atoms with Crippen LogP contribution in [0.2, 0.25) is 0 Å². The number of anilines is 1. The molecule has 0 aromatic carbocycles. The Labute approximate surface area is 57.5 Å². The third-order valence-corrected chi connectivity index (χ3v) is 0.925.